The first-order valence-electron chi connectivity index (χ1n) is 10.4. The van der Waals surface area contributed by atoms with Crippen LogP contribution in [0.1, 0.15) is 28.2 Å². The molecular weight excluding hydrogens is 395 g/mol. The highest BCUT2D eigenvalue weighted by Crippen LogP contribution is 2.17. The number of carbonyl (C=O) groups excluding carboxylic acids is 1. The van der Waals surface area contributed by atoms with Crippen LogP contribution in [0.25, 0.3) is 0 Å². The summed E-state index contributed by atoms with van der Waals surface area (Å²) in [7, 11) is 0. The van der Waals surface area contributed by atoms with Gasteiger partial charge in [-0.2, -0.15) is 0 Å². The lowest BCUT2D eigenvalue weighted by atomic mass is 10.1. The number of hydrogen-bond acceptors (Lipinski definition) is 4. The summed E-state index contributed by atoms with van der Waals surface area (Å²) < 4.78 is 14.7. The molecule has 1 aromatic heterocycles. The molecule has 0 aliphatic carbocycles. The van der Waals surface area contributed by atoms with Gasteiger partial charge in [0, 0.05) is 31.7 Å². The fourth-order valence-corrected chi connectivity index (χ4v) is 3.91. The summed E-state index contributed by atoms with van der Waals surface area (Å²) in [6.45, 7) is 4.05. The van der Waals surface area contributed by atoms with Gasteiger partial charge in [0.2, 0.25) is 5.91 Å². The van der Waals surface area contributed by atoms with E-state index in [-0.39, 0.29) is 30.4 Å². The molecule has 2 heterocycles. The molecule has 0 atom stereocenters. The number of halogens is 1. The Hall–Kier alpha value is -3.32. The average molecular weight is 420 g/mol. The van der Waals surface area contributed by atoms with E-state index in [4.69, 9.17) is 0 Å². The third kappa shape index (κ3) is 5.06. The van der Waals surface area contributed by atoms with Crippen molar-refractivity contribution in [2.45, 2.75) is 39.5 Å². The number of aromatic nitrogens is 2. The Morgan fingerprint density at radius 2 is 1.90 bits per heavy atom. The van der Waals surface area contributed by atoms with Crippen molar-refractivity contribution in [3.8, 4) is 0 Å². The van der Waals surface area contributed by atoms with Gasteiger partial charge in [-0.3, -0.25) is 19.1 Å². The zero-order valence-corrected chi connectivity index (χ0v) is 17.5. The molecule has 3 aromatic rings. The molecule has 0 bridgehead atoms. The maximum absolute atomic E-state index is 13.3. The Labute approximate surface area is 180 Å². The molecule has 0 fully saturated rings. The minimum Gasteiger partial charge on any atom is -0.350 e. The standard InChI is InChI=1S/C24H25FN4O2/c1-17-27-22-15-28(14-18-6-3-2-4-7-18)11-10-21(22)24(31)29(17)16-23(30)26-13-19-8-5-9-20(25)12-19/h2-9,12H,10-11,13-16H2,1H3,(H,26,30). The van der Waals surface area contributed by atoms with Crippen molar-refractivity contribution in [1.29, 1.82) is 0 Å². The van der Waals surface area contributed by atoms with Gasteiger partial charge in [0.25, 0.3) is 5.56 Å². The summed E-state index contributed by atoms with van der Waals surface area (Å²) in [5, 5.41) is 2.74. The summed E-state index contributed by atoms with van der Waals surface area (Å²) in [6, 6.07) is 16.3. The molecule has 6 nitrogen and oxygen atoms in total. The third-order valence-electron chi connectivity index (χ3n) is 5.52. The van der Waals surface area contributed by atoms with Gasteiger partial charge >= 0.3 is 0 Å². The molecule has 7 heteroatoms. The summed E-state index contributed by atoms with van der Waals surface area (Å²) in [5.41, 5.74) is 3.22. The summed E-state index contributed by atoms with van der Waals surface area (Å²) in [4.78, 5) is 32.3. The maximum Gasteiger partial charge on any atom is 0.257 e. The van der Waals surface area contributed by atoms with Gasteiger partial charge in [0.05, 0.1) is 5.69 Å². The second-order valence-electron chi connectivity index (χ2n) is 7.83. The van der Waals surface area contributed by atoms with Crippen LogP contribution in [0.4, 0.5) is 4.39 Å². The van der Waals surface area contributed by atoms with Crippen LogP contribution in [-0.2, 0) is 37.4 Å². The molecule has 160 valence electrons. The number of aryl methyl sites for hydroxylation is 1. The molecule has 4 rings (SSSR count). The number of fused-ring (bicyclic) bond motifs is 1. The minimum atomic E-state index is -0.348. The number of nitrogens with zero attached hydrogens (tertiary/aromatic N) is 3. The van der Waals surface area contributed by atoms with Crippen molar-refractivity contribution in [1.82, 2.24) is 19.8 Å². The van der Waals surface area contributed by atoms with Crippen LogP contribution in [0.5, 0.6) is 0 Å². The second kappa shape index (κ2) is 9.22. The van der Waals surface area contributed by atoms with E-state index in [1.54, 1.807) is 19.1 Å². The average Bonchev–Trinajstić information content (AvgIpc) is 2.76. The van der Waals surface area contributed by atoms with Gasteiger partial charge in [-0.25, -0.2) is 9.37 Å². The molecule has 1 aliphatic rings. The van der Waals surface area contributed by atoms with Crippen LogP contribution in [0.3, 0.4) is 0 Å². The zero-order chi connectivity index (χ0) is 21.8. The zero-order valence-electron chi connectivity index (χ0n) is 17.5. The summed E-state index contributed by atoms with van der Waals surface area (Å²) in [5.74, 6) is -0.136. The van der Waals surface area contributed by atoms with Crippen LogP contribution in [-0.4, -0.2) is 26.9 Å². The van der Waals surface area contributed by atoms with E-state index in [0.29, 0.717) is 29.9 Å². The first-order chi connectivity index (χ1) is 15.0. The van der Waals surface area contributed by atoms with Crippen LogP contribution in [0, 0.1) is 12.7 Å². The quantitative estimate of drug-likeness (QED) is 0.666. The van der Waals surface area contributed by atoms with Crippen LogP contribution in [0.15, 0.2) is 59.4 Å². The van der Waals surface area contributed by atoms with Gasteiger partial charge in [-0.05, 0) is 36.6 Å². The predicted molar refractivity (Wildman–Crippen MR) is 116 cm³/mol. The van der Waals surface area contributed by atoms with Gasteiger partial charge in [0.1, 0.15) is 18.2 Å². The van der Waals surface area contributed by atoms with Gasteiger partial charge < -0.3 is 5.32 Å². The third-order valence-corrected chi connectivity index (χ3v) is 5.52. The molecule has 0 saturated carbocycles. The number of benzene rings is 2. The van der Waals surface area contributed by atoms with Gasteiger partial charge in [0.15, 0.2) is 0 Å². The Morgan fingerprint density at radius 1 is 1.13 bits per heavy atom. The molecule has 1 amide bonds. The van der Waals surface area contributed by atoms with E-state index < -0.39 is 0 Å². The molecule has 0 radical (unpaired) electrons. The SMILES string of the molecule is Cc1nc2c(c(=O)n1CC(=O)NCc1cccc(F)c1)CCN(Cc1ccccc1)C2. The summed E-state index contributed by atoms with van der Waals surface area (Å²) in [6.07, 6.45) is 0.610. The largest absolute Gasteiger partial charge is 0.350 e. The van der Waals surface area contributed by atoms with Crippen LogP contribution < -0.4 is 10.9 Å². The Morgan fingerprint density at radius 3 is 2.68 bits per heavy atom. The highest BCUT2D eigenvalue weighted by molar-refractivity contribution is 5.75. The molecule has 1 N–H and O–H groups in total. The lowest BCUT2D eigenvalue weighted by Gasteiger charge is -2.28. The lowest BCUT2D eigenvalue weighted by molar-refractivity contribution is -0.121. The second-order valence-corrected chi connectivity index (χ2v) is 7.83. The number of hydrogen-bond donors (Lipinski definition) is 1. The van der Waals surface area contributed by atoms with Crippen LogP contribution in [0.2, 0.25) is 0 Å². The van der Waals surface area contributed by atoms with Crippen molar-refractivity contribution < 1.29 is 9.18 Å². The predicted octanol–water partition coefficient (Wildman–Crippen LogP) is 2.57. The topological polar surface area (TPSA) is 67.2 Å². The highest BCUT2D eigenvalue weighted by Gasteiger charge is 2.23. The minimum absolute atomic E-state index is 0.103. The van der Waals surface area contributed by atoms with Crippen molar-refractivity contribution in [3.63, 3.8) is 0 Å². The Kier molecular flexibility index (Phi) is 6.23. The molecule has 0 saturated heterocycles. The fourth-order valence-electron chi connectivity index (χ4n) is 3.91. The van der Waals surface area contributed by atoms with Crippen molar-refractivity contribution in [2.24, 2.45) is 0 Å². The first-order valence-corrected chi connectivity index (χ1v) is 10.4. The van der Waals surface area contributed by atoms with Crippen molar-refractivity contribution in [2.75, 3.05) is 6.54 Å². The van der Waals surface area contributed by atoms with Crippen molar-refractivity contribution in [3.05, 3.63) is 99.0 Å². The molecule has 2 aromatic carbocycles. The van der Waals surface area contributed by atoms with E-state index >= 15 is 0 Å². The molecular formula is C24H25FN4O2. The number of amides is 1. The first kappa shape index (κ1) is 20.9. The van der Waals surface area contributed by atoms with Gasteiger partial charge in [-0.15, -0.1) is 0 Å². The van der Waals surface area contributed by atoms with E-state index in [1.165, 1.54) is 22.3 Å². The highest BCUT2D eigenvalue weighted by atomic mass is 19.1. The lowest BCUT2D eigenvalue weighted by Crippen LogP contribution is -2.40. The van der Waals surface area contributed by atoms with Gasteiger partial charge in [-0.1, -0.05) is 42.5 Å². The smallest absolute Gasteiger partial charge is 0.257 e. The van der Waals surface area contributed by atoms with E-state index in [1.807, 2.05) is 18.2 Å². The fraction of sp³-hybridized carbons (Fsp3) is 0.292. The summed E-state index contributed by atoms with van der Waals surface area (Å²) >= 11 is 0. The molecule has 31 heavy (non-hydrogen) atoms. The van der Waals surface area contributed by atoms with E-state index in [2.05, 4.69) is 27.3 Å². The Bertz CT molecular complexity index is 1140. The monoisotopic (exact) mass is 420 g/mol. The number of carbonyl (C=O) groups is 1. The normalized spacial score (nSPS) is 13.6. The molecule has 0 unspecified atom stereocenters. The Balaban J connectivity index is 1.43. The maximum atomic E-state index is 13.3. The van der Waals surface area contributed by atoms with Crippen LogP contribution >= 0.6 is 0 Å². The van der Waals surface area contributed by atoms with Crippen molar-refractivity contribution >= 4 is 5.91 Å². The number of rotatable bonds is 6. The van der Waals surface area contributed by atoms with E-state index in [9.17, 15) is 14.0 Å². The van der Waals surface area contributed by atoms with E-state index in [0.717, 1.165) is 18.8 Å². The molecule has 1 aliphatic heterocycles. The number of nitrogens with one attached hydrogen (secondary N) is 1. The molecule has 0 spiro atoms.